The Balaban J connectivity index is 1.56. The topological polar surface area (TPSA) is 47.1 Å². The number of hydrazine groups is 1. The molecule has 34 heavy (non-hydrogen) atoms. The van der Waals surface area contributed by atoms with Crippen molar-refractivity contribution >= 4 is 23.4 Å². The molecule has 166 valence electrons. The highest BCUT2D eigenvalue weighted by Gasteiger charge is 2.59. The van der Waals surface area contributed by atoms with Gasteiger partial charge in [-0.15, -0.1) is 0 Å². The van der Waals surface area contributed by atoms with Crippen molar-refractivity contribution in [2.24, 2.45) is 0 Å². The number of amides is 4. The number of urea groups is 2. The van der Waals surface area contributed by atoms with Crippen LogP contribution >= 0.6 is 0 Å². The number of benzene rings is 4. The number of carbonyl (C=O) groups excluding carboxylic acids is 2. The first-order valence-corrected chi connectivity index (χ1v) is 11.2. The molecule has 2 heterocycles. The van der Waals surface area contributed by atoms with Crippen molar-refractivity contribution in [3.05, 3.63) is 132 Å². The summed E-state index contributed by atoms with van der Waals surface area (Å²) in [6.45, 7) is 0. The molecule has 0 aliphatic carbocycles. The monoisotopic (exact) mass is 446 g/mol. The van der Waals surface area contributed by atoms with Crippen LogP contribution in [0.3, 0.4) is 0 Å². The van der Waals surface area contributed by atoms with Gasteiger partial charge < -0.3 is 0 Å². The number of rotatable bonds is 4. The van der Waals surface area contributed by atoms with Crippen LogP contribution in [0.1, 0.15) is 23.5 Å². The van der Waals surface area contributed by atoms with Crippen LogP contribution in [-0.4, -0.2) is 22.1 Å². The lowest BCUT2D eigenvalue weighted by atomic mass is 10.1. The summed E-state index contributed by atoms with van der Waals surface area (Å²) in [4.78, 5) is 31.6. The first kappa shape index (κ1) is 20.1. The second-order valence-electron chi connectivity index (χ2n) is 8.23. The Morgan fingerprint density at radius 3 is 1.03 bits per heavy atom. The molecule has 0 radical (unpaired) electrons. The average Bonchev–Trinajstić information content (AvgIpc) is 3.38. The number of hydrogen-bond donors (Lipinski definition) is 0. The molecule has 4 aromatic rings. The summed E-state index contributed by atoms with van der Waals surface area (Å²) in [7, 11) is 0. The van der Waals surface area contributed by atoms with Gasteiger partial charge in [0.25, 0.3) is 0 Å². The maximum absolute atomic E-state index is 14.1. The highest BCUT2D eigenvalue weighted by atomic mass is 16.2. The van der Waals surface area contributed by atoms with Gasteiger partial charge in [-0.3, -0.25) is 9.80 Å². The van der Waals surface area contributed by atoms with Gasteiger partial charge in [-0.1, -0.05) is 97.1 Å². The first-order chi connectivity index (χ1) is 16.8. The fraction of sp³-hybridized carbons (Fsp3) is 0.0714. The van der Waals surface area contributed by atoms with Gasteiger partial charge >= 0.3 is 12.1 Å². The number of anilines is 2. The molecule has 0 bridgehead atoms. The van der Waals surface area contributed by atoms with Crippen LogP contribution in [0.15, 0.2) is 121 Å². The lowest BCUT2D eigenvalue weighted by Crippen LogP contribution is -2.40. The number of nitrogens with zero attached hydrogens (tertiary/aromatic N) is 4. The molecule has 6 heteroatoms. The van der Waals surface area contributed by atoms with Crippen LogP contribution in [0.2, 0.25) is 0 Å². The summed E-state index contributed by atoms with van der Waals surface area (Å²) in [5.74, 6) is 0. The van der Waals surface area contributed by atoms with E-state index < -0.39 is 12.3 Å². The van der Waals surface area contributed by atoms with Gasteiger partial charge in [-0.2, -0.15) is 0 Å². The van der Waals surface area contributed by atoms with Crippen molar-refractivity contribution in [3.63, 3.8) is 0 Å². The fourth-order valence-electron chi connectivity index (χ4n) is 4.79. The zero-order valence-electron chi connectivity index (χ0n) is 18.3. The number of para-hydroxylation sites is 2. The summed E-state index contributed by atoms with van der Waals surface area (Å²) in [6.07, 6.45) is -1.22. The zero-order chi connectivity index (χ0) is 23.1. The van der Waals surface area contributed by atoms with E-state index in [0.717, 1.165) is 22.5 Å². The quantitative estimate of drug-likeness (QED) is 0.376. The van der Waals surface area contributed by atoms with Crippen LogP contribution in [0.4, 0.5) is 21.0 Å². The fourth-order valence-corrected chi connectivity index (χ4v) is 4.79. The summed E-state index contributed by atoms with van der Waals surface area (Å²) in [5.41, 5.74) is 3.19. The highest BCUT2D eigenvalue weighted by molar-refractivity contribution is 6.05. The lowest BCUT2D eigenvalue weighted by Gasteiger charge is -2.29. The van der Waals surface area contributed by atoms with Gasteiger partial charge in [-0.25, -0.2) is 19.6 Å². The Hall–Kier alpha value is -4.58. The standard InChI is InChI=1S/C28H22N4O2/c33-27-29(23-17-9-3-10-18-23)25(21-13-5-1-6-14-21)31-28(34)30(24-19-11-4-12-20-24)26(32(27)31)22-15-7-2-8-16-22/h1-20,25-26H/t25-,26-/m1/s1. The number of fused-ring (bicyclic) bond motifs is 1. The second kappa shape index (κ2) is 8.08. The lowest BCUT2D eigenvalue weighted by molar-refractivity contribution is 0.0696. The van der Waals surface area contributed by atoms with E-state index in [0.29, 0.717) is 0 Å². The minimum absolute atomic E-state index is 0.249. The summed E-state index contributed by atoms with van der Waals surface area (Å²) < 4.78 is 0. The van der Waals surface area contributed by atoms with Crippen LogP contribution < -0.4 is 9.80 Å². The van der Waals surface area contributed by atoms with E-state index in [2.05, 4.69) is 0 Å². The van der Waals surface area contributed by atoms with Crippen molar-refractivity contribution in [3.8, 4) is 0 Å². The third-order valence-corrected chi connectivity index (χ3v) is 6.25. The SMILES string of the molecule is O=C1N(c2ccccc2)[C@@H](c2ccccc2)N2C(=O)N(c3ccccc3)[C@@H](c3ccccc3)N12. The molecule has 0 saturated carbocycles. The predicted octanol–water partition coefficient (Wildman–Crippen LogP) is 6.18. The van der Waals surface area contributed by atoms with Gasteiger partial charge in [0.2, 0.25) is 0 Å². The van der Waals surface area contributed by atoms with E-state index in [1.165, 1.54) is 0 Å². The van der Waals surface area contributed by atoms with E-state index in [1.807, 2.05) is 121 Å². The molecule has 2 aliphatic rings. The van der Waals surface area contributed by atoms with E-state index in [4.69, 9.17) is 0 Å². The maximum atomic E-state index is 14.1. The maximum Gasteiger partial charge on any atom is 0.347 e. The molecule has 0 aromatic heterocycles. The molecule has 2 saturated heterocycles. The molecule has 2 aliphatic heterocycles. The molecule has 6 nitrogen and oxygen atoms in total. The molecule has 0 unspecified atom stereocenters. The summed E-state index contributed by atoms with van der Waals surface area (Å²) in [5, 5.41) is 3.19. The molecular formula is C28H22N4O2. The molecule has 6 rings (SSSR count). The van der Waals surface area contributed by atoms with Crippen molar-refractivity contribution in [1.29, 1.82) is 0 Å². The van der Waals surface area contributed by atoms with Crippen molar-refractivity contribution < 1.29 is 9.59 Å². The van der Waals surface area contributed by atoms with E-state index in [1.54, 1.807) is 19.8 Å². The Bertz CT molecular complexity index is 1210. The van der Waals surface area contributed by atoms with Crippen LogP contribution in [0.5, 0.6) is 0 Å². The largest absolute Gasteiger partial charge is 0.347 e. The van der Waals surface area contributed by atoms with E-state index >= 15 is 0 Å². The normalized spacial score (nSPS) is 19.6. The van der Waals surface area contributed by atoms with Gasteiger partial charge in [-0.05, 0) is 35.4 Å². The third-order valence-electron chi connectivity index (χ3n) is 6.25. The smallest absolute Gasteiger partial charge is 0.266 e. The van der Waals surface area contributed by atoms with Gasteiger partial charge in [0.1, 0.15) is 0 Å². The van der Waals surface area contributed by atoms with Crippen LogP contribution in [0, 0.1) is 0 Å². The van der Waals surface area contributed by atoms with Gasteiger partial charge in [0, 0.05) is 11.4 Å². The minimum Gasteiger partial charge on any atom is -0.266 e. The van der Waals surface area contributed by atoms with E-state index in [-0.39, 0.29) is 12.1 Å². The van der Waals surface area contributed by atoms with Gasteiger partial charge in [0.15, 0.2) is 12.3 Å². The zero-order valence-corrected chi connectivity index (χ0v) is 18.3. The van der Waals surface area contributed by atoms with Crippen LogP contribution in [-0.2, 0) is 0 Å². The number of hydrogen-bond acceptors (Lipinski definition) is 2. The minimum atomic E-state index is -0.608. The summed E-state index contributed by atoms with van der Waals surface area (Å²) in [6, 6.07) is 37.9. The Morgan fingerprint density at radius 2 is 0.706 bits per heavy atom. The number of carbonyl (C=O) groups is 2. The molecular weight excluding hydrogens is 424 g/mol. The molecule has 2 atom stereocenters. The predicted molar refractivity (Wildman–Crippen MR) is 131 cm³/mol. The van der Waals surface area contributed by atoms with Gasteiger partial charge in [0.05, 0.1) is 0 Å². The van der Waals surface area contributed by atoms with Crippen molar-refractivity contribution in [2.75, 3.05) is 9.80 Å². The average molecular weight is 447 g/mol. The van der Waals surface area contributed by atoms with Crippen LogP contribution in [0.25, 0.3) is 0 Å². The second-order valence-corrected chi connectivity index (χ2v) is 8.23. The van der Waals surface area contributed by atoms with Crippen molar-refractivity contribution in [2.45, 2.75) is 12.3 Å². The molecule has 0 N–H and O–H groups in total. The van der Waals surface area contributed by atoms with E-state index in [9.17, 15) is 9.59 Å². The Kier molecular flexibility index (Phi) is 4.77. The molecule has 4 amide bonds. The molecule has 4 aromatic carbocycles. The summed E-state index contributed by atoms with van der Waals surface area (Å²) >= 11 is 0. The third kappa shape index (κ3) is 3.03. The molecule has 2 fully saturated rings. The first-order valence-electron chi connectivity index (χ1n) is 11.2. The van der Waals surface area contributed by atoms with Crippen molar-refractivity contribution in [1.82, 2.24) is 10.0 Å². The highest BCUT2D eigenvalue weighted by Crippen LogP contribution is 2.49. The Morgan fingerprint density at radius 1 is 0.412 bits per heavy atom. The molecule has 0 spiro atoms. The Labute approximate surface area is 197 Å².